The zero-order chi connectivity index (χ0) is 23.4. The maximum atomic E-state index is 13.2. The summed E-state index contributed by atoms with van der Waals surface area (Å²) in [7, 11) is -2.06. The van der Waals surface area contributed by atoms with Gasteiger partial charge in [-0.1, -0.05) is 35.9 Å². The Morgan fingerprint density at radius 3 is 2.33 bits per heavy atom. The van der Waals surface area contributed by atoms with Crippen LogP contribution < -0.4 is 14.4 Å². The number of anilines is 2. The fourth-order valence-corrected chi connectivity index (χ4v) is 4.91. The van der Waals surface area contributed by atoms with Gasteiger partial charge < -0.3 is 9.64 Å². The van der Waals surface area contributed by atoms with Gasteiger partial charge in [-0.25, -0.2) is 13.2 Å². The number of rotatable bonds is 7. The molecule has 0 radical (unpaired) electrons. The van der Waals surface area contributed by atoms with Crippen LogP contribution in [0.5, 0.6) is 5.75 Å². The normalized spacial score (nSPS) is 14.3. The van der Waals surface area contributed by atoms with Gasteiger partial charge in [-0.05, 0) is 55.8 Å². The highest BCUT2D eigenvalue weighted by Crippen LogP contribution is 2.26. The minimum Gasteiger partial charge on any atom is -0.496 e. The molecule has 172 valence electrons. The first-order valence-electron chi connectivity index (χ1n) is 10.8. The van der Waals surface area contributed by atoms with Crippen LogP contribution in [0.15, 0.2) is 77.7 Å². The maximum Gasteiger partial charge on any atom is 0.324 e. The number of methoxy groups -OCH3 is 1. The first kappa shape index (κ1) is 22.7. The van der Waals surface area contributed by atoms with Crippen molar-refractivity contribution in [1.82, 2.24) is 4.90 Å². The quantitative estimate of drug-likeness (QED) is 0.552. The number of carbonyl (C=O) groups excluding carboxylic acids is 1. The van der Waals surface area contributed by atoms with Gasteiger partial charge in [0.2, 0.25) is 0 Å². The van der Waals surface area contributed by atoms with Gasteiger partial charge in [0.25, 0.3) is 10.0 Å². The van der Waals surface area contributed by atoms with E-state index in [1.807, 2.05) is 31.2 Å². The zero-order valence-electron chi connectivity index (χ0n) is 18.7. The van der Waals surface area contributed by atoms with E-state index < -0.39 is 10.0 Å². The Morgan fingerprint density at radius 1 is 0.939 bits per heavy atom. The van der Waals surface area contributed by atoms with Crippen molar-refractivity contribution < 1.29 is 17.9 Å². The number of nitrogens with one attached hydrogen (secondary N) is 1. The van der Waals surface area contributed by atoms with E-state index in [0.717, 1.165) is 29.0 Å². The van der Waals surface area contributed by atoms with Gasteiger partial charge in [0.1, 0.15) is 5.75 Å². The van der Waals surface area contributed by atoms with Crippen LogP contribution in [0.3, 0.4) is 0 Å². The Labute approximate surface area is 194 Å². The summed E-state index contributed by atoms with van der Waals surface area (Å²) in [5, 5.41) is 0. The van der Waals surface area contributed by atoms with Crippen molar-refractivity contribution in [3.05, 3.63) is 83.9 Å². The molecule has 0 aromatic heterocycles. The van der Waals surface area contributed by atoms with Crippen molar-refractivity contribution in [2.75, 3.05) is 29.8 Å². The van der Waals surface area contributed by atoms with Gasteiger partial charge in [-0.2, -0.15) is 0 Å². The Morgan fingerprint density at radius 2 is 1.64 bits per heavy atom. The van der Waals surface area contributed by atoms with Crippen molar-refractivity contribution in [3.8, 4) is 5.75 Å². The number of sulfonamides is 1. The average Bonchev–Trinajstić information content (AvgIpc) is 2.81. The zero-order valence-corrected chi connectivity index (χ0v) is 19.5. The molecule has 3 aromatic carbocycles. The number of para-hydroxylation sites is 1. The lowest BCUT2D eigenvalue weighted by atomic mass is 10.1. The molecule has 1 N–H and O–H groups in total. The fourth-order valence-electron chi connectivity index (χ4n) is 3.85. The molecule has 1 aliphatic heterocycles. The molecule has 0 saturated carbocycles. The number of benzene rings is 3. The molecule has 0 bridgehead atoms. The Bertz CT molecular complexity index is 1230. The van der Waals surface area contributed by atoms with E-state index in [4.69, 9.17) is 4.74 Å². The SMILES string of the molecule is COc1ccccc1CN1CCCN(c2ccc(NS(=O)(=O)c3ccc(C)cc3)cc2)C1=O. The molecule has 0 unspecified atom stereocenters. The predicted molar refractivity (Wildman–Crippen MR) is 129 cm³/mol. The molecule has 1 heterocycles. The molecule has 1 fully saturated rings. The largest absolute Gasteiger partial charge is 0.496 e. The van der Waals surface area contributed by atoms with Crippen molar-refractivity contribution in [2.24, 2.45) is 0 Å². The molecule has 4 rings (SSSR count). The molecular formula is C25H27N3O4S. The summed E-state index contributed by atoms with van der Waals surface area (Å²) in [6.45, 7) is 3.65. The van der Waals surface area contributed by atoms with Gasteiger partial charge in [-0.3, -0.25) is 9.62 Å². The molecular weight excluding hydrogens is 438 g/mol. The van der Waals surface area contributed by atoms with E-state index in [1.54, 1.807) is 65.4 Å². The third-order valence-corrected chi connectivity index (χ3v) is 7.02. The summed E-state index contributed by atoms with van der Waals surface area (Å²) < 4.78 is 33.3. The molecule has 0 spiro atoms. The Balaban J connectivity index is 1.46. The van der Waals surface area contributed by atoms with Crippen LogP contribution in [-0.2, 0) is 16.6 Å². The summed E-state index contributed by atoms with van der Waals surface area (Å²) in [6.07, 6.45) is 0.836. The Hall–Kier alpha value is -3.52. The number of aryl methyl sites for hydroxylation is 1. The number of ether oxygens (including phenoxy) is 1. The number of hydrogen-bond acceptors (Lipinski definition) is 4. The third kappa shape index (κ3) is 5.12. The second-order valence-electron chi connectivity index (χ2n) is 7.99. The molecule has 7 nitrogen and oxygen atoms in total. The van der Waals surface area contributed by atoms with E-state index >= 15 is 0 Å². The van der Waals surface area contributed by atoms with E-state index in [9.17, 15) is 13.2 Å². The monoisotopic (exact) mass is 465 g/mol. The highest BCUT2D eigenvalue weighted by Gasteiger charge is 2.27. The highest BCUT2D eigenvalue weighted by molar-refractivity contribution is 7.92. The van der Waals surface area contributed by atoms with Crippen LogP contribution >= 0.6 is 0 Å². The van der Waals surface area contributed by atoms with Crippen LogP contribution in [0.1, 0.15) is 17.5 Å². The molecule has 1 saturated heterocycles. The smallest absolute Gasteiger partial charge is 0.324 e. The highest BCUT2D eigenvalue weighted by atomic mass is 32.2. The predicted octanol–water partition coefficient (Wildman–Crippen LogP) is 4.64. The first-order chi connectivity index (χ1) is 15.9. The molecule has 3 aromatic rings. The molecule has 0 aliphatic carbocycles. The van der Waals surface area contributed by atoms with Gasteiger partial charge in [0.05, 0.1) is 18.6 Å². The van der Waals surface area contributed by atoms with Crippen LogP contribution in [-0.4, -0.2) is 39.5 Å². The van der Waals surface area contributed by atoms with E-state index in [-0.39, 0.29) is 10.9 Å². The summed E-state index contributed by atoms with van der Waals surface area (Å²) in [4.78, 5) is 16.9. The summed E-state index contributed by atoms with van der Waals surface area (Å²) in [6, 6.07) is 21.1. The fraction of sp³-hybridized carbons (Fsp3) is 0.240. The van der Waals surface area contributed by atoms with E-state index in [0.29, 0.717) is 25.3 Å². The molecule has 2 amide bonds. The van der Waals surface area contributed by atoms with E-state index in [2.05, 4.69) is 4.72 Å². The minimum atomic E-state index is -3.68. The van der Waals surface area contributed by atoms with Gasteiger partial charge in [0.15, 0.2) is 0 Å². The van der Waals surface area contributed by atoms with Gasteiger partial charge >= 0.3 is 6.03 Å². The van der Waals surface area contributed by atoms with Crippen molar-refractivity contribution in [3.63, 3.8) is 0 Å². The topological polar surface area (TPSA) is 79.0 Å². The average molecular weight is 466 g/mol. The third-order valence-electron chi connectivity index (χ3n) is 5.63. The number of nitrogens with zero attached hydrogens (tertiary/aromatic N) is 2. The second-order valence-corrected chi connectivity index (χ2v) is 9.67. The minimum absolute atomic E-state index is 0.0832. The second kappa shape index (κ2) is 9.54. The lowest BCUT2D eigenvalue weighted by molar-refractivity contribution is 0.192. The van der Waals surface area contributed by atoms with E-state index in [1.165, 1.54) is 0 Å². The molecule has 1 aliphatic rings. The number of hydrogen-bond donors (Lipinski definition) is 1. The van der Waals surface area contributed by atoms with Crippen molar-refractivity contribution in [1.29, 1.82) is 0 Å². The van der Waals surface area contributed by atoms with Crippen LogP contribution in [0.4, 0.5) is 16.2 Å². The first-order valence-corrected chi connectivity index (χ1v) is 12.2. The number of carbonyl (C=O) groups is 1. The Kier molecular flexibility index (Phi) is 6.55. The van der Waals surface area contributed by atoms with Crippen LogP contribution in [0.25, 0.3) is 0 Å². The van der Waals surface area contributed by atoms with Crippen molar-refractivity contribution >= 4 is 27.4 Å². The summed E-state index contributed by atoms with van der Waals surface area (Å²) in [5.74, 6) is 0.757. The number of urea groups is 1. The summed E-state index contributed by atoms with van der Waals surface area (Å²) >= 11 is 0. The maximum absolute atomic E-state index is 13.2. The lowest BCUT2D eigenvalue weighted by Gasteiger charge is -2.36. The van der Waals surface area contributed by atoms with Crippen molar-refractivity contribution in [2.45, 2.75) is 24.8 Å². The van der Waals surface area contributed by atoms with Gasteiger partial charge in [0, 0.05) is 30.0 Å². The lowest BCUT2D eigenvalue weighted by Crippen LogP contribution is -2.49. The molecule has 8 heteroatoms. The standard InChI is InChI=1S/C25H27N3O4S/c1-19-8-14-23(15-9-19)33(30,31)26-21-10-12-22(13-11-21)28-17-5-16-27(25(28)29)18-20-6-3-4-7-24(20)32-2/h3-4,6-15,26H,5,16-18H2,1-2H3. The molecule has 33 heavy (non-hydrogen) atoms. The van der Waals surface area contributed by atoms with Gasteiger partial charge in [-0.15, -0.1) is 0 Å². The molecule has 0 atom stereocenters. The number of amides is 2. The van der Waals surface area contributed by atoms with Crippen LogP contribution in [0, 0.1) is 6.92 Å². The van der Waals surface area contributed by atoms with Crippen LogP contribution in [0.2, 0.25) is 0 Å². The summed E-state index contributed by atoms with van der Waals surface area (Å²) in [5.41, 5.74) is 3.11.